The van der Waals surface area contributed by atoms with Crippen LogP contribution in [0.2, 0.25) is 0 Å². The van der Waals surface area contributed by atoms with Crippen molar-refractivity contribution in [3.05, 3.63) is 54.2 Å². The number of carbonyl (C=O) groups excluding carboxylic acids is 1. The number of benzene rings is 1. The fraction of sp³-hybridized carbons (Fsp3) is 0.125. The van der Waals surface area contributed by atoms with Gasteiger partial charge in [0.2, 0.25) is 5.91 Å². The zero-order chi connectivity index (χ0) is 16.1. The fourth-order valence-corrected chi connectivity index (χ4v) is 2.50. The lowest BCUT2D eigenvalue weighted by Crippen LogP contribution is -2.14. The first kappa shape index (κ1) is 15.2. The monoisotopic (exact) mass is 326 g/mol. The van der Waals surface area contributed by atoms with Gasteiger partial charge in [-0.1, -0.05) is 28.9 Å². The molecule has 0 aliphatic rings. The van der Waals surface area contributed by atoms with Gasteiger partial charge in [0.05, 0.1) is 5.75 Å². The fourth-order valence-electron chi connectivity index (χ4n) is 1.81. The summed E-state index contributed by atoms with van der Waals surface area (Å²) in [5, 5.41) is 10.3. The maximum absolute atomic E-state index is 11.9. The third-order valence-corrected chi connectivity index (χ3v) is 3.96. The van der Waals surface area contributed by atoms with Crippen LogP contribution in [0.15, 0.2) is 58.0 Å². The Balaban J connectivity index is 1.56. The van der Waals surface area contributed by atoms with Crippen LogP contribution in [0.1, 0.15) is 5.56 Å². The molecule has 7 heteroatoms. The van der Waals surface area contributed by atoms with Crippen molar-refractivity contribution in [2.75, 3.05) is 11.1 Å². The lowest BCUT2D eigenvalue weighted by atomic mass is 10.2. The molecule has 6 nitrogen and oxygen atoms in total. The summed E-state index contributed by atoms with van der Waals surface area (Å²) in [4.78, 5) is 17.1. The summed E-state index contributed by atoms with van der Waals surface area (Å²) in [6.45, 7) is 2.02. The Morgan fingerprint density at radius 2 is 2.00 bits per heavy atom. The van der Waals surface area contributed by atoms with Gasteiger partial charge in [-0.3, -0.25) is 15.1 Å². The molecular weight excluding hydrogens is 312 g/mol. The zero-order valence-corrected chi connectivity index (χ0v) is 13.2. The highest BCUT2D eigenvalue weighted by Crippen LogP contribution is 2.20. The molecule has 0 radical (unpaired) electrons. The van der Waals surface area contributed by atoms with Gasteiger partial charge in [0.25, 0.3) is 5.89 Å². The van der Waals surface area contributed by atoms with Crippen molar-refractivity contribution in [3.8, 4) is 11.6 Å². The summed E-state index contributed by atoms with van der Waals surface area (Å²) in [5.74, 6) is 0.337. The van der Waals surface area contributed by atoms with Gasteiger partial charge >= 0.3 is 6.01 Å². The van der Waals surface area contributed by atoms with Crippen molar-refractivity contribution in [2.24, 2.45) is 0 Å². The summed E-state index contributed by atoms with van der Waals surface area (Å²) in [7, 11) is 0. The second-order valence-electron chi connectivity index (χ2n) is 4.78. The van der Waals surface area contributed by atoms with Gasteiger partial charge in [-0.2, -0.15) is 0 Å². The van der Waals surface area contributed by atoms with Gasteiger partial charge < -0.3 is 4.42 Å². The molecular formula is C16H14N4O2S. The van der Waals surface area contributed by atoms with E-state index in [0.717, 1.165) is 4.90 Å². The molecule has 0 atom stereocenters. The minimum absolute atomic E-state index is 0.0696. The number of amides is 1. The lowest BCUT2D eigenvalue weighted by Gasteiger charge is -2.01. The third kappa shape index (κ3) is 4.17. The van der Waals surface area contributed by atoms with Crippen LogP contribution in [0.3, 0.4) is 0 Å². The molecule has 0 bridgehead atoms. The number of rotatable bonds is 5. The summed E-state index contributed by atoms with van der Waals surface area (Å²) in [6, 6.07) is 13.4. The number of aromatic nitrogens is 3. The van der Waals surface area contributed by atoms with Gasteiger partial charge in [0.1, 0.15) is 5.69 Å². The van der Waals surface area contributed by atoms with Gasteiger partial charge in [0, 0.05) is 11.1 Å². The molecule has 0 spiro atoms. The minimum atomic E-state index is -0.202. The Morgan fingerprint density at radius 3 is 2.74 bits per heavy atom. The molecule has 23 heavy (non-hydrogen) atoms. The van der Waals surface area contributed by atoms with Gasteiger partial charge in [-0.25, -0.2) is 0 Å². The van der Waals surface area contributed by atoms with Crippen molar-refractivity contribution in [3.63, 3.8) is 0 Å². The molecule has 0 aliphatic carbocycles. The Bertz CT molecular complexity index is 787. The highest BCUT2D eigenvalue weighted by molar-refractivity contribution is 8.00. The molecule has 0 saturated heterocycles. The number of aryl methyl sites for hydroxylation is 1. The quantitative estimate of drug-likeness (QED) is 0.725. The first-order valence-corrected chi connectivity index (χ1v) is 7.93. The second kappa shape index (κ2) is 7.06. The summed E-state index contributed by atoms with van der Waals surface area (Å²) >= 11 is 1.45. The van der Waals surface area contributed by atoms with Crippen LogP contribution in [0, 0.1) is 6.92 Å². The number of hydrogen-bond donors (Lipinski definition) is 1. The first-order chi connectivity index (χ1) is 11.2. The highest BCUT2D eigenvalue weighted by atomic mass is 32.2. The number of hydrogen-bond acceptors (Lipinski definition) is 6. The van der Waals surface area contributed by atoms with E-state index in [0.29, 0.717) is 5.69 Å². The van der Waals surface area contributed by atoms with E-state index in [1.165, 1.54) is 17.3 Å². The first-order valence-electron chi connectivity index (χ1n) is 6.95. The number of anilines is 1. The standard InChI is InChI=1S/C16H14N4O2S/c1-11-5-7-12(8-6-11)23-10-14(21)18-16-20-19-15(22-16)13-4-2-3-9-17-13/h2-9H,10H2,1H3,(H,18,20,21). The molecule has 1 aromatic carbocycles. The normalized spacial score (nSPS) is 10.5. The van der Waals surface area contributed by atoms with Crippen molar-refractivity contribution >= 4 is 23.7 Å². The zero-order valence-electron chi connectivity index (χ0n) is 12.4. The van der Waals surface area contributed by atoms with Crippen molar-refractivity contribution < 1.29 is 9.21 Å². The smallest absolute Gasteiger partial charge is 0.322 e. The summed E-state index contributed by atoms with van der Waals surface area (Å²) < 4.78 is 5.38. The highest BCUT2D eigenvalue weighted by Gasteiger charge is 2.12. The van der Waals surface area contributed by atoms with Gasteiger partial charge in [-0.15, -0.1) is 16.9 Å². The van der Waals surface area contributed by atoms with E-state index in [9.17, 15) is 4.79 Å². The average Bonchev–Trinajstić information content (AvgIpc) is 3.04. The molecule has 2 aromatic heterocycles. The van der Waals surface area contributed by atoms with Crippen LogP contribution < -0.4 is 5.32 Å². The second-order valence-corrected chi connectivity index (χ2v) is 5.83. The number of pyridine rings is 1. The van der Waals surface area contributed by atoms with Crippen molar-refractivity contribution in [2.45, 2.75) is 11.8 Å². The van der Waals surface area contributed by atoms with E-state index in [2.05, 4.69) is 20.5 Å². The Labute approximate surface area is 137 Å². The SMILES string of the molecule is Cc1ccc(SCC(=O)Nc2nnc(-c3ccccn3)o2)cc1. The third-order valence-electron chi connectivity index (χ3n) is 2.95. The van der Waals surface area contributed by atoms with Crippen LogP contribution in [0.4, 0.5) is 6.01 Å². The predicted molar refractivity (Wildman–Crippen MR) is 88.1 cm³/mol. The van der Waals surface area contributed by atoms with E-state index in [1.54, 1.807) is 18.3 Å². The molecule has 0 fully saturated rings. The van der Waals surface area contributed by atoms with Crippen LogP contribution in [-0.2, 0) is 4.79 Å². The Kier molecular flexibility index (Phi) is 4.68. The van der Waals surface area contributed by atoms with Crippen LogP contribution in [0.25, 0.3) is 11.6 Å². The van der Waals surface area contributed by atoms with E-state index >= 15 is 0 Å². The molecule has 3 aromatic rings. The largest absolute Gasteiger partial charge is 0.401 e. The van der Waals surface area contributed by atoms with Gasteiger partial charge in [0.15, 0.2) is 0 Å². The molecule has 0 aliphatic heterocycles. The van der Waals surface area contributed by atoms with Crippen molar-refractivity contribution in [1.82, 2.24) is 15.2 Å². The van der Waals surface area contributed by atoms with E-state index < -0.39 is 0 Å². The maximum atomic E-state index is 11.9. The van der Waals surface area contributed by atoms with E-state index in [1.807, 2.05) is 37.3 Å². The minimum Gasteiger partial charge on any atom is -0.401 e. The number of thioether (sulfide) groups is 1. The van der Waals surface area contributed by atoms with Crippen LogP contribution >= 0.6 is 11.8 Å². The van der Waals surface area contributed by atoms with E-state index in [-0.39, 0.29) is 23.6 Å². The topological polar surface area (TPSA) is 80.9 Å². The lowest BCUT2D eigenvalue weighted by molar-refractivity contribution is -0.113. The molecule has 3 rings (SSSR count). The van der Waals surface area contributed by atoms with Crippen LogP contribution in [-0.4, -0.2) is 26.8 Å². The van der Waals surface area contributed by atoms with Crippen LogP contribution in [0.5, 0.6) is 0 Å². The molecule has 2 heterocycles. The molecule has 0 unspecified atom stereocenters. The number of nitrogens with zero attached hydrogens (tertiary/aromatic N) is 3. The molecule has 0 saturated carbocycles. The summed E-state index contributed by atoms with van der Waals surface area (Å²) in [5.41, 5.74) is 1.75. The van der Waals surface area contributed by atoms with Gasteiger partial charge in [-0.05, 0) is 31.2 Å². The summed E-state index contributed by atoms with van der Waals surface area (Å²) in [6.07, 6.45) is 1.63. The van der Waals surface area contributed by atoms with E-state index in [4.69, 9.17) is 4.42 Å². The number of carbonyl (C=O) groups is 1. The molecule has 1 amide bonds. The molecule has 1 N–H and O–H groups in total. The molecule has 116 valence electrons. The number of nitrogens with one attached hydrogen (secondary N) is 1. The predicted octanol–water partition coefficient (Wildman–Crippen LogP) is 3.17. The maximum Gasteiger partial charge on any atom is 0.322 e. The average molecular weight is 326 g/mol. The van der Waals surface area contributed by atoms with Crippen molar-refractivity contribution in [1.29, 1.82) is 0 Å². The Hall–Kier alpha value is -2.67. The Morgan fingerprint density at radius 1 is 1.17 bits per heavy atom.